The molecule has 0 aromatic carbocycles. The number of hydrogen-bond acceptors (Lipinski definition) is 3. The largest absolute Gasteiger partial charge is 0.481 e. The molecule has 6 heteroatoms. The normalized spacial score (nSPS) is 16.5. The van der Waals surface area contributed by atoms with Crippen molar-refractivity contribution in [2.75, 3.05) is 19.6 Å². The molecule has 3 N–H and O–H groups in total. The number of aliphatic carboxylic acids is 1. The van der Waals surface area contributed by atoms with Gasteiger partial charge in [-0.1, -0.05) is 6.42 Å². The Bertz CT molecular complexity index is 252. The third kappa shape index (κ3) is 6.78. The van der Waals surface area contributed by atoms with Gasteiger partial charge in [0.2, 0.25) is 0 Å². The predicted molar refractivity (Wildman–Crippen MR) is 63.4 cm³/mol. The van der Waals surface area contributed by atoms with Crippen LogP contribution in [0.3, 0.4) is 0 Å². The van der Waals surface area contributed by atoms with Crippen molar-refractivity contribution in [3.05, 3.63) is 0 Å². The maximum absolute atomic E-state index is 11.4. The topological polar surface area (TPSA) is 81.7 Å². The Balaban J connectivity index is 1.98. The van der Waals surface area contributed by atoms with Crippen LogP contribution in [0, 0.1) is 0 Å². The van der Waals surface area contributed by atoms with Crippen molar-refractivity contribution in [2.45, 2.75) is 38.5 Å². The van der Waals surface area contributed by atoms with E-state index in [1.807, 2.05) is 5.01 Å². The lowest BCUT2D eigenvalue weighted by molar-refractivity contribution is -0.137. The van der Waals surface area contributed by atoms with Crippen LogP contribution in [0.5, 0.6) is 0 Å². The number of hydrogen-bond donors (Lipinski definition) is 3. The molecule has 17 heavy (non-hydrogen) atoms. The van der Waals surface area contributed by atoms with Crippen molar-refractivity contribution < 1.29 is 14.7 Å². The average molecular weight is 243 g/mol. The number of rotatable bonds is 6. The van der Waals surface area contributed by atoms with Crippen LogP contribution in [0.1, 0.15) is 38.5 Å². The van der Waals surface area contributed by atoms with Gasteiger partial charge in [-0.25, -0.2) is 9.80 Å². The van der Waals surface area contributed by atoms with Gasteiger partial charge in [0.05, 0.1) is 0 Å². The van der Waals surface area contributed by atoms with Gasteiger partial charge in [-0.15, -0.1) is 0 Å². The molecule has 0 aromatic heterocycles. The standard InChI is InChI=1S/C11H21N3O3/c15-10(16)6-2-3-7-12-11(17)13-14-8-4-1-5-9-14/h1-9H2,(H,15,16)(H2,12,13,17). The van der Waals surface area contributed by atoms with Gasteiger partial charge < -0.3 is 10.4 Å². The number of amides is 2. The number of nitrogens with zero attached hydrogens (tertiary/aromatic N) is 1. The molecule has 98 valence electrons. The molecule has 1 aliphatic heterocycles. The average Bonchev–Trinajstić information content (AvgIpc) is 2.29. The highest BCUT2D eigenvalue weighted by molar-refractivity contribution is 5.73. The molecule has 0 atom stereocenters. The molecule has 0 spiro atoms. The van der Waals surface area contributed by atoms with Crippen LogP contribution >= 0.6 is 0 Å². The number of nitrogens with one attached hydrogen (secondary N) is 2. The second-order valence-electron chi connectivity index (χ2n) is 4.27. The zero-order valence-corrected chi connectivity index (χ0v) is 10.1. The van der Waals surface area contributed by atoms with E-state index in [9.17, 15) is 9.59 Å². The molecular formula is C11H21N3O3. The Morgan fingerprint density at radius 3 is 2.47 bits per heavy atom. The molecule has 0 radical (unpaired) electrons. The maximum atomic E-state index is 11.4. The minimum atomic E-state index is -0.789. The Morgan fingerprint density at radius 1 is 1.12 bits per heavy atom. The fourth-order valence-corrected chi connectivity index (χ4v) is 1.79. The zero-order valence-electron chi connectivity index (χ0n) is 10.1. The van der Waals surface area contributed by atoms with Crippen molar-refractivity contribution in [2.24, 2.45) is 0 Å². The van der Waals surface area contributed by atoms with Gasteiger partial charge in [0.15, 0.2) is 0 Å². The highest BCUT2D eigenvalue weighted by Crippen LogP contribution is 2.05. The van der Waals surface area contributed by atoms with Crippen molar-refractivity contribution in [3.63, 3.8) is 0 Å². The van der Waals surface area contributed by atoms with Crippen molar-refractivity contribution >= 4 is 12.0 Å². The Morgan fingerprint density at radius 2 is 1.82 bits per heavy atom. The van der Waals surface area contributed by atoms with Gasteiger partial charge >= 0.3 is 12.0 Å². The summed E-state index contributed by atoms with van der Waals surface area (Å²) >= 11 is 0. The lowest BCUT2D eigenvalue weighted by Gasteiger charge is -2.26. The number of carboxylic acid groups (broad SMARTS) is 1. The first-order valence-electron chi connectivity index (χ1n) is 6.20. The van der Waals surface area contributed by atoms with E-state index in [1.165, 1.54) is 6.42 Å². The van der Waals surface area contributed by atoms with Gasteiger partial charge in [0, 0.05) is 26.1 Å². The zero-order chi connectivity index (χ0) is 12.5. The number of urea groups is 1. The molecule has 1 fully saturated rings. The van der Waals surface area contributed by atoms with E-state index in [0.717, 1.165) is 25.9 Å². The fourth-order valence-electron chi connectivity index (χ4n) is 1.79. The van der Waals surface area contributed by atoms with Gasteiger partial charge in [-0.2, -0.15) is 0 Å². The summed E-state index contributed by atoms with van der Waals surface area (Å²) in [6, 6.07) is -0.192. The van der Waals surface area contributed by atoms with E-state index >= 15 is 0 Å². The van der Waals surface area contributed by atoms with Crippen molar-refractivity contribution in [3.8, 4) is 0 Å². The molecular weight excluding hydrogens is 222 g/mol. The van der Waals surface area contributed by atoms with Crippen molar-refractivity contribution in [1.29, 1.82) is 0 Å². The first-order valence-corrected chi connectivity index (χ1v) is 6.20. The van der Waals surface area contributed by atoms with Gasteiger partial charge in [-0.05, 0) is 25.7 Å². The summed E-state index contributed by atoms with van der Waals surface area (Å²) in [5, 5.41) is 13.1. The summed E-state index contributed by atoms with van der Waals surface area (Å²) in [6.45, 7) is 2.34. The van der Waals surface area contributed by atoms with E-state index in [0.29, 0.717) is 19.4 Å². The van der Waals surface area contributed by atoms with E-state index < -0.39 is 5.97 Å². The summed E-state index contributed by atoms with van der Waals surface area (Å²) in [4.78, 5) is 21.7. The summed E-state index contributed by atoms with van der Waals surface area (Å²) in [5.41, 5.74) is 2.79. The molecule has 1 saturated heterocycles. The fraction of sp³-hybridized carbons (Fsp3) is 0.818. The molecule has 6 nitrogen and oxygen atoms in total. The monoisotopic (exact) mass is 243 g/mol. The number of carboxylic acids is 1. The molecule has 0 aromatic rings. The van der Waals surface area contributed by atoms with Gasteiger partial charge in [-0.3, -0.25) is 10.2 Å². The van der Waals surface area contributed by atoms with E-state index in [1.54, 1.807) is 0 Å². The predicted octanol–water partition coefficient (Wildman–Crippen LogP) is 0.941. The van der Waals surface area contributed by atoms with E-state index in [2.05, 4.69) is 10.7 Å². The summed E-state index contributed by atoms with van der Waals surface area (Å²) in [5.74, 6) is -0.789. The van der Waals surface area contributed by atoms with Crippen LogP contribution < -0.4 is 10.7 Å². The Kier molecular flexibility index (Phi) is 6.39. The minimum absolute atomic E-state index is 0.162. The maximum Gasteiger partial charge on any atom is 0.329 e. The molecule has 2 amide bonds. The lowest BCUT2D eigenvalue weighted by Crippen LogP contribution is -2.49. The van der Waals surface area contributed by atoms with Crippen LogP contribution in [0.2, 0.25) is 0 Å². The van der Waals surface area contributed by atoms with E-state index in [4.69, 9.17) is 5.11 Å². The number of carbonyl (C=O) groups is 2. The first kappa shape index (κ1) is 13.8. The second kappa shape index (κ2) is 7.89. The SMILES string of the molecule is O=C(O)CCCCNC(=O)NN1CCCCC1. The van der Waals surface area contributed by atoms with Crippen LogP contribution in [0.4, 0.5) is 4.79 Å². The molecule has 0 aliphatic carbocycles. The molecule has 1 aliphatic rings. The lowest BCUT2D eigenvalue weighted by atomic mass is 10.2. The molecule has 0 bridgehead atoms. The molecule has 0 saturated carbocycles. The smallest absolute Gasteiger partial charge is 0.329 e. The Labute approximate surface area is 101 Å². The van der Waals surface area contributed by atoms with Gasteiger partial charge in [0.1, 0.15) is 0 Å². The number of hydrazine groups is 1. The highest BCUT2D eigenvalue weighted by atomic mass is 16.4. The molecule has 1 rings (SSSR count). The van der Waals surface area contributed by atoms with E-state index in [-0.39, 0.29) is 12.5 Å². The molecule has 1 heterocycles. The van der Waals surface area contributed by atoms with Crippen LogP contribution in [-0.2, 0) is 4.79 Å². The van der Waals surface area contributed by atoms with Crippen LogP contribution in [0.15, 0.2) is 0 Å². The summed E-state index contributed by atoms with van der Waals surface area (Å²) < 4.78 is 0. The number of carbonyl (C=O) groups excluding carboxylic acids is 1. The van der Waals surface area contributed by atoms with Gasteiger partial charge in [0.25, 0.3) is 0 Å². The number of unbranched alkanes of at least 4 members (excludes halogenated alkanes) is 1. The third-order valence-corrected chi connectivity index (χ3v) is 2.72. The van der Waals surface area contributed by atoms with Crippen molar-refractivity contribution in [1.82, 2.24) is 15.8 Å². The summed E-state index contributed by atoms with van der Waals surface area (Å²) in [7, 11) is 0. The first-order chi connectivity index (χ1) is 8.18. The Hall–Kier alpha value is -1.30. The third-order valence-electron chi connectivity index (χ3n) is 2.72. The molecule has 0 unspecified atom stereocenters. The highest BCUT2D eigenvalue weighted by Gasteiger charge is 2.11. The summed E-state index contributed by atoms with van der Waals surface area (Å²) in [6.07, 6.45) is 4.93. The van der Waals surface area contributed by atoms with Crippen LogP contribution in [0.25, 0.3) is 0 Å². The minimum Gasteiger partial charge on any atom is -0.481 e. The second-order valence-corrected chi connectivity index (χ2v) is 4.27. The number of piperidine rings is 1. The van der Waals surface area contributed by atoms with Crippen LogP contribution in [-0.4, -0.2) is 41.8 Å². The quantitative estimate of drug-likeness (QED) is 0.606.